The molecular formula is C18H25N3O2S. The van der Waals surface area contributed by atoms with Gasteiger partial charge in [0.2, 0.25) is 0 Å². The number of morpholine rings is 1. The van der Waals surface area contributed by atoms with Crippen molar-refractivity contribution in [3.63, 3.8) is 0 Å². The molecule has 0 unspecified atom stereocenters. The summed E-state index contributed by atoms with van der Waals surface area (Å²) < 4.78 is 5.39. The molecule has 0 bridgehead atoms. The van der Waals surface area contributed by atoms with E-state index >= 15 is 0 Å². The zero-order valence-electron chi connectivity index (χ0n) is 14.1. The average Bonchev–Trinajstić information content (AvgIpc) is 3.09. The van der Waals surface area contributed by atoms with Gasteiger partial charge in [-0.2, -0.15) is 0 Å². The molecule has 0 saturated carbocycles. The first-order chi connectivity index (χ1) is 11.7. The van der Waals surface area contributed by atoms with Gasteiger partial charge in [0.25, 0.3) is 0 Å². The number of benzene rings is 1. The third-order valence-electron chi connectivity index (χ3n) is 4.22. The molecule has 0 amide bonds. The molecule has 24 heavy (non-hydrogen) atoms. The van der Waals surface area contributed by atoms with Gasteiger partial charge in [-0.1, -0.05) is 30.3 Å². The van der Waals surface area contributed by atoms with Crippen molar-refractivity contribution in [1.82, 2.24) is 9.88 Å². The van der Waals surface area contributed by atoms with E-state index in [4.69, 9.17) is 4.74 Å². The SMILES string of the molecule is CN(CC[C@@H](O)c1ccccc1)Cc1cnc(N2CCOCC2)s1. The van der Waals surface area contributed by atoms with Crippen molar-refractivity contribution in [3.8, 4) is 0 Å². The van der Waals surface area contributed by atoms with Crippen LogP contribution in [0.25, 0.3) is 0 Å². The summed E-state index contributed by atoms with van der Waals surface area (Å²) in [5.41, 5.74) is 0.985. The van der Waals surface area contributed by atoms with Crippen LogP contribution in [0.3, 0.4) is 0 Å². The molecule has 0 radical (unpaired) electrons. The van der Waals surface area contributed by atoms with E-state index in [1.54, 1.807) is 11.3 Å². The maximum absolute atomic E-state index is 10.3. The molecule has 3 rings (SSSR count). The molecule has 1 saturated heterocycles. The minimum Gasteiger partial charge on any atom is -0.388 e. The predicted molar refractivity (Wildman–Crippen MR) is 97.5 cm³/mol. The predicted octanol–water partition coefficient (Wildman–Crippen LogP) is 2.54. The monoisotopic (exact) mass is 347 g/mol. The minimum atomic E-state index is -0.404. The minimum absolute atomic E-state index is 0.404. The zero-order valence-corrected chi connectivity index (χ0v) is 14.9. The van der Waals surface area contributed by atoms with Gasteiger partial charge >= 0.3 is 0 Å². The van der Waals surface area contributed by atoms with Crippen LogP contribution in [-0.4, -0.2) is 54.9 Å². The Morgan fingerprint density at radius 2 is 2.04 bits per heavy atom. The lowest BCUT2D eigenvalue weighted by atomic mass is 10.1. The number of hydrogen-bond donors (Lipinski definition) is 1. The summed E-state index contributed by atoms with van der Waals surface area (Å²) in [7, 11) is 2.09. The van der Waals surface area contributed by atoms with Crippen LogP contribution in [0.5, 0.6) is 0 Å². The van der Waals surface area contributed by atoms with Gasteiger partial charge in [0.15, 0.2) is 5.13 Å². The second-order valence-corrected chi connectivity index (χ2v) is 7.26. The molecule has 1 aromatic carbocycles. The van der Waals surface area contributed by atoms with Gasteiger partial charge in [-0.15, -0.1) is 11.3 Å². The summed E-state index contributed by atoms with van der Waals surface area (Å²) in [5.74, 6) is 0. The number of anilines is 1. The van der Waals surface area contributed by atoms with Crippen molar-refractivity contribution in [2.45, 2.75) is 19.1 Å². The van der Waals surface area contributed by atoms with Crippen LogP contribution >= 0.6 is 11.3 Å². The maximum atomic E-state index is 10.3. The second kappa shape index (κ2) is 8.58. The summed E-state index contributed by atoms with van der Waals surface area (Å²) >= 11 is 1.75. The van der Waals surface area contributed by atoms with Gasteiger partial charge < -0.3 is 19.6 Å². The first-order valence-electron chi connectivity index (χ1n) is 8.41. The van der Waals surface area contributed by atoms with Crippen LogP contribution in [0.4, 0.5) is 5.13 Å². The van der Waals surface area contributed by atoms with Crippen molar-refractivity contribution < 1.29 is 9.84 Å². The average molecular weight is 347 g/mol. The summed E-state index contributed by atoms with van der Waals surface area (Å²) in [4.78, 5) is 10.3. The summed E-state index contributed by atoms with van der Waals surface area (Å²) in [6, 6.07) is 9.85. The molecule has 0 aliphatic carbocycles. The van der Waals surface area contributed by atoms with Crippen molar-refractivity contribution >= 4 is 16.5 Å². The van der Waals surface area contributed by atoms with Crippen LogP contribution in [0.2, 0.25) is 0 Å². The first kappa shape index (κ1) is 17.4. The highest BCUT2D eigenvalue weighted by atomic mass is 32.1. The van der Waals surface area contributed by atoms with Crippen molar-refractivity contribution in [2.75, 3.05) is 44.8 Å². The third kappa shape index (κ3) is 4.77. The Labute approximate surface area is 147 Å². The molecular weight excluding hydrogens is 322 g/mol. The standard InChI is InChI=1S/C18H25N3O2S/c1-20(8-7-17(22)15-5-3-2-4-6-15)14-16-13-19-18(24-16)21-9-11-23-12-10-21/h2-6,13,17,22H,7-12,14H2,1H3/t17-/m1/s1. The van der Waals surface area contributed by atoms with Gasteiger partial charge in [-0.25, -0.2) is 4.98 Å². The number of aromatic nitrogens is 1. The van der Waals surface area contributed by atoms with Crippen LogP contribution in [0.15, 0.2) is 36.5 Å². The fourth-order valence-electron chi connectivity index (χ4n) is 2.80. The Morgan fingerprint density at radius 1 is 1.29 bits per heavy atom. The largest absolute Gasteiger partial charge is 0.388 e. The van der Waals surface area contributed by atoms with Gasteiger partial charge in [0.1, 0.15) is 0 Å². The Bertz CT molecular complexity index is 614. The highest BCUT2D eigenvalue weighted by Gasteiger charge is 2.15. The smallest absolute Gasteiger partial charge is 0.185 e. The van der Waals surface area contributed by atoms with Crippen LogP contribution in [0, 0.1) is 0 Å². The van der Waals surface area contributed by atoms with Gasteiger partial charge in [0, 0.05) is 37.3 Å². The van der Waals surface area contributed by atoms with Crippen LogP contribution in [0.1, 0.15) is 23.0 Å². The topological polar surface area (TPSA) is 48.8 Å². The van der Waals surface area contributed by atoms with E-state index in [1.807, 2.05) is 36.5 Å². The van der Waals surface area contributed by atoms with E-state index in [0.717, 1.165) is 56.5 Å². The van der Waals surface area contributed by atoms with Crippen molar-refractivity contribution in [2.24, 2.45) is 0 Å². The Morgan fingerprint density at radius 3 is 2.79 bits per heavy atom. The highest BCUT2D eigenvalue weighted by Crippen LogP contribution is 2.24. The van der Waals surface area contributed by atoms with E-state index in [0.29, 0.717) is 0 Å². The molecule has 1 atom stereocenters. The van der Waals surface area contributed by atoms with E-state index in [9.17, 15) is 5.11 Å². The lowest BCUT2D eigenvalue weighted by Gasteiger charge is -2.26. The Hall–Kier alpha value is -1.47. The van der Waals surface area contributed by atoms with E-state index in [1.165, 1.54) is 4.88 Å². The fraction of sp³-hybridized carbons (Fsp3) is 0.500. The van der Waals surface area contributed by atoms with E-state index in [2.05, 4.69) is 21.8 Å². The number of aliphatic hydroxyl groups is 1. The van der Waals surface area contributed by atoms with Crippen molar-refractivity contribution in [1.29, 1.82) is 0 Å². The molecule has 2 aromatic rings. The number of thiazole rings is 1. The van der Waals surface area contributed by atoms with Gasteiger partial charge in [-0.05, 0) is 19.0 Å². The zero-order chi connectivity index (χ0) is 16.8. The Balaban J connectivity index is 1.46. The number of hydrogen-bond acceptors (Lipinski definition) is 6. The first-order valence-corrected chi connectivity index (χ1v) is 9.23. The quantitative estimate of drug-likeness (QED) is 0.834. The third-order valence-corrected chi connectivity index (χ3v) is 5.26. The summed E-state index contributed by atoms with van der Waals surface area (Å²) in [6.07, 6.45) is 2.30. The van der Waals surface area contributed by atoms with Gasteiger partial charge in [-0.3, -0.25) is 0 Å². The van der Waals surface area contributed by atoms with E-state index < -0.39 is 6.10 Å². The molecule has 1 aliphatic heterocycles. The maximum Gasteiger partial charge on any atom is 0.185 e. The van der Waals surface area contributed by atoms with E-state index in [-0.39, 0.29) is 0 Å². The molecule has 1 aromatic heterocycles. The fourth-order valence-corrected chi connectivity index (χ4v) is 3.84. The molecule has 1 fully saturated rings. The summed E-state index contributed by atoms with van der Waals surface area (Å²) in [6.45, 7) is 5.13. The number of ether oxygens (including phenoxy) is 1. The number of aliphatic hydroxyl groups excluding tert-OH is 1. The lowest BCUT2D eigenvalue weighted by Crippen LogP contribution is -2.36. The number of nitrogens with zero attached hydrogens (tertiary/aromatic N) is 3. The molecule has 1 N–H and O–H groups in total. The molecule has 130 valence electrons. The number of rotatable bonds is 7. The Kier molecular flexibility index (Phi) is 6.20. The van der Waals surface area contributed by atoms with Crippen molar-refractivity contribution in [3.05, 3.63) is 47.0 Å². The highest BCUT2D eigenvalue weighted by molar-refractivity contribution is 7.15. The van der Waals surface area contributed by atoms with Crippen LogP contribution in [-0.2, 0) is 11.3 Å². The molecule has 2 heterocycles. The van der Waals surface area contributed by atoms with Crippen LogP contribution < -0.4 is 4.90 Å². The normalized spacial score (nSPS) is 16.5. The molecule has 5 nitrogen and oxygen atoms in total. The lowest BCUT2D eigenvalue weighted by molar-refractivity contribution is 0.122. The molecule has 1 aliphatic rings. The summed E-state index contributed by atoms with van der Waals surface area (Å²) in [5, 5.41) is 11.3. The van der Waals surface area contributed by atoms with Gasteiger partial charge in [0.05, 0.1) is 19.3 Å². The molecule has 6 heteroatoms. The second-order valence-electron chi connectivity index (χ2n) is 6.16. The molecule has 0 spiro atoms.